The molecular weight excluding hydrogens is 619 g/mol. The number of benzene rings is 8. The zero-order valence-electron chi connectivity index (χ0n) is 28.3. The van der Waals surface area contributed by atoms with Crippen LogP contribution in [0.25, 0.3) is 66.4 Å². The number of nitrogens with zero attached hydrogens (tertiary/aromatic N) is 1. The Morgan fingerprint density at radius 2 is 0.804 bits per heavy atom. The van der Waals surface area contributed by atoms with Gasteiger partial charge < -0.3 is 9.32 Å². The summed E-state index contributed by atoms with van der Waals surface area (Å²) >= 11 is 0. The van der Waals surface area contributed by atoms with Gasteiger partial charge in [-0.25, -0.2) is 0 Å². The zero-order chi connectivity index (χ0) is 34.1. The molecule has 0 radical (unpaired) electrons. The Morgan fingerprint density at radius 3 is 1.53 bits per heavy atom. The second kappa shape index (κ2) is 13.0. The molecule has 1 aromatic heterocycles. The van der Waals surface area contributed by atoms with E-state index < -0.39 is 0 Å². The predicted molar refractivity (Wildman–Crippen MR) is 215 cm³/mol. The van der Waals surface area contributed by atoms with Crippen LogP contribution in [0.4, 0.5) is 17.1 Å². The van der Waals surface area contributed by atoms with Crippen LogP contribution >= 0.6 is 0 Å². The molecule has 0 amide bonds. The van der Waals surface area contributed by atoms with E-state index >= 15 is 0 Å². The molecule has 0 spiro atoms. The van der Waals surface area contributed by atoms with Crippen molar-refractivity contribution >= 4 is 39.0 Å². The average molecular weight is 654 g/mol. The van der Waals surface area contributed by atoms with E-state index in [9.17, 15) is 0 Å². The van der Waals surface area contributed by atoms with Crippen molar-refractivity contribution in [2.24, 2.45) is 0 Å². The maximum Gasteiger partial charge on any atom is 0.136 e. The minimum atomic E-state index is 0.915. The van der Waals surface area contributed by atoms with Crippen LogP contribution in [0.3, 0.4) is 0 Å². The summed E-state index contributed by atoms with van der Waals surface area (Å²) in [5.74, 6) is 0. The molecule has 0 bridgehead atoms. The molecule has 0 saturated carbocycles. The molecule has 0 fully saturated rings. The van der Waals surface area contributed by atoms with Gasteiger partial charge in [-0.15, -0.1) is 0 Å². The summed E-state index contributed by atoms with van der Waals surface area (Å²) < 4.78 is 6.15. The molecule has 51 heavy (non-hydrogen) atoms. The SMILES string of the molecule is Cc1cc(-c2cccc(-c3ccccc3)c2)ccc1N(c1ccccc1)c1ccc(-c2ccc(-c3ccc4c(c3)oc3ccccc34)cc2)cc1. The first-order valence-corrected chi connectivity index (χ1v) is 17.4. The van der Waals surface area contributed by atoms with Gasteiger partial charge in [-0.3, -0.25) is 0 Å². The Hall–Kier alpha value is -6.64. The third kappa shape index (κ3) is 5.88. The molecule has 1 heterocycles. The number of para-hydroxylation sites is 2. The van der Waals surface area contributed by atoms with Gasteiger partial charge in [0.25, 0.3) is 0 Å². The van der Waals surface area contributed by atoms with E-state index in [0.29, 0.717) is 0 Å². The standard InChI is InChI=1S/C49H35NO/c1-34-31-41(40-14-10-13-39(32-40)35-11-4-2-5-12-35)26-30-47(34)50(43-15-6-3-7-16-43)44-27-23-37(24-28-44)36-19-21-38(22-20-36)42-25-29-46-45-17-8-9-18-48(45)51-49(46)33-42/h2-33H,1H3. The minimum Gasteiger partial charge on any atom is -0.456 e. The Bertz CT molecular complexity index is 2620. The molecule has 0 aliphatic carbocycles. The molecule has 2 nitrogen and oxygen atoms in total. The molecule has 242 valence electrons. The van der Waals surface area contributed by atoms with Gasteiger partial charge in [-0.05, 0) is 118 Å². The summed E-state index contributed by atoms with van der Waals surface area (Å²) in [7, 11) is 0. The molecular formula is C49H35NO. The van der Waals surface area contributed by atoms with Gasteiger partial charge in [0.15, 0.2) is 0 Å². The third-order valence-electron chi connectivity index (χ3n) is 9.81. The van der Waals surface area contributed by atoms with Gasteiger partial charge in [0, 0.05) is 27.8 Å². The lowest BCUT2D eigenvalue weighted by Crippen LogP contribution is -2.11. The number of rotatable bonds is 7. The average Bonchev–Trinajstić information content (AvgIpc) is 3.58. The topological polar surface area (TPSA) is 16.4 Å². The molecule has 8 aromatic carbocycles. The van der Waals surface area contributed by atoms with Gasteiger partial charge in [0.1, 0.15) is 11.2 Å². The van der Waals surface area contributed by atoms with Crippen molar-refractivity contribution in [2.75, 3.05) is 4.90 Å². The van der Waals surface area contributed by atoms with Crippen LogP contribution in [0.15, 0.2) is 199 Å². The number of aryl methyl sites for hydroxylation is 1. The highest BCUT2D eigenvalue weighted by Crippen LogP contribution is 2.39. The van der Waals surface area contributed by atoms with Crippen LogP contribution in [0, 0.1) is 6.92 Å². The first-order valence-electron chi connectivity index (χ1n) is 17.4. The van der Waals surface area contributed by atoms with Crippen molar-refractivity contribution in [3.05, 3.63) is 200 Å². The van der Waals surface area contributed by atoms with Crippen molar-refractivity contribution in [3.63, 3.8) is 0 Å². The molecule has 0 N–H and O–H groups in total. The summed E-state index contributed by atoms with van der Waals surface area (Å²) in [5, 5.41) is 2.30. The Morgan fingerprint density at radius 1 is 0.333 bits per heavy atom. The summed E-state index contributed by atoms with van der Waals surface area (Å²) in [6.45, 7) is 2.21. The molecule has 0 saturated heterocycles. The Kier molecular flexibility index (Phi) is 7.75. The van der Waals surface area contributed by atoms with Crippen molar-refractivity contribution in [3.8, 4) is 44.5 Å². The summed E-state index contributed by atoms with van der Waals surface area (Å²) in [6.07, 6.45) is 0. The molecule has 0 atom stereocenters. The van der Waals surface area contributed by atoms with Crippen molar-refractivity contribution in [1.82, 2.24) is 0 Å². The van der Waals surface area contributed by atoms with E-state index in [1.54, 1.807) is 0 Å². The van der Waals surface area contributed by atoms with Crippen LogP contribution < -0.4 is 4.90 Å². The van der Waals surface area contributed by atoms with E-state index in [2.05, 4.69) is 194 Å². The molecule has 0 aliphatic heterocycles. The van der Waals surface area contributed by atoms with Crippen LogP contribution in [0.1, 0.15) is 5.56 Å². The van der Waals surface area contributed by atoms with E-state index in [4.69, 9.17) is 4.42 Å². The van der Waals surface area contributed by atoms with Gasteiger partial charge in [-0.2, -0.15) is 0 Å². The Labute approximate surface area is 298 Å². The number of fused-ring (bicyclic) bond motifs is 3. The molecule has 0 unspecified atom stereocenters. The Balaban J connectivity index is 1.00. The predicted octanol–water partition coefficient (Wildman–Crippen LogP) is 14.0. The fourth-order valence-electron chi connectivity index (χ4n) is 7.16. The van der Waals surface area contributed by atoms with Crippen LogP contribution in [-0.2, 0) is 0 Å². The maximum atomic E-state index is 6.15. The number of furan rings is 1. The zero-order valence-corrected chi connectivity index (χ0v) is 28.3. The highest BCUT2D eigenvalue weighted by Gasteiger charge is 2.16. The monoisotopic (exact) mass is 653 g/mol. The molecule has 9 rings (SSSR count). The summed E-state index contributed by atoms with van der Waals surface area (Å²) in [5.41, 5.74) is 16.0. The maximum absolute atomic E-state index is 6.15. The second-order valence-corrected chi connectivity index (χ2v) is 13.1. The number of hydrogen-bond acceptors (Lipinski definition) is 2. The first-order chi connectivity index (χ1) is 25.2. The normalized spacial score (nSPS) is 11.2. The summed E-state index contributed by atoms with van der Waals surface area (Å²) in [4.78, 5) is 2.35. The van der Waals surface area contributed by atoms with E-state index in [1.165, 1.54) is 44.5 Å². The molecule has 0 aliphatic rings. The fourth-order valence-corrected chi connectivity index (χ4v) is 7.16. The third-order valence-corrected chi connectivity index (χ3v) is 9.81. The van der Waals surface area contributed by atoms with Gasteiger partial charge >= 0.3 is 0 Å². The quantitative estimate of drug-likeness (QED) is 0.170. The van der Waals surface area contributed by atoms with Gasteiger partial charge in [-0.1, -0.05) is 133 Å². The van der Waals surface area contributed by atoms with Crippen LogP contribution in [0.5, 0.6) is 0 Å². The number of hydrogen-bond donors (Lipinski definition) is 0. The fraction of sp³-hybridized carbons (Fsp3) is 0.0204. The van der Waals surface area contributed by atoms with Crippen molar-refractivity contribution in [1.29, 1.82) is 0 Å². The van der Waals surface area contributed by atoms with Gasteiger partial charge in [0.2, 0.25) is 0 Å². The van der Waals surface area contributed by atoms with Crippen molar-refractivity contribution < 1.29 is 4.42 Å². The van der Waals surface area contributed by atoms with E-state index in [0.717, 1.165) is 44.6 Å². The largest absolute Gasteiger partial charge is 0.456 e. The minimum absolute atomic E-state index is 0.915. The van der Waals surface area contributed by atoms with E-state index in [-0.39, 0.29) is 0 Å². The molecule has 9 aromatic rings. The lowest BCUT2D eigenvalue weighted by molar-refractivity contribution is 0.669. The summed E-state index contributed by atoms with van der Waals surface area (Å²) in [6, 6.07) is 69.2. The van der Waals surface area contributed by atoms with Crippen LogP contribution in [-0.4, -0.2) is 0 Å². The van der Waals surface area contributed by atoms with Gasteiger partial charge in [0.05, 0.1) is 0 Å². The lowest BCUT2D eigenvalue weighted by atomic mass is 9.97. The molecule has 2 heteroatoms. The highest BCUT2D eigenvalue weighted by molar-refractivity contribution is 6.05. The highest BCUT2D eigenvalue weighted by atomic mass is 16.3. The lowest BCUT2D eigenvalue weighted by Gasteiger charge is -2.27. The van der Waals surface area contributed by atoms with Crippen molar-refractivity contribution in [2.45, 2.75) is 6.92 Å². The first kappa shape index (κ1) is 30.4. The number of anilines is 3. The smallest absolute Gasteiger partial charge is 0.136 e. The second-order valence-electron chi connectivity index (χ2n) is 13.1. The van der Waals surface area contributed by atoms with Crippen LogP contribution in [0.2, 0.25) is 0 Å². The van der Waals surface area contributed by atoms with E-state index in [1.807, 2.05) is 12.1 Å².